The number of pyridine rings is 1. The summed E-state index contributed by atoms with van der Waals surface area (Å²) in [6.45, 7) is 2.87. The molecule has 7 heteroatoms. The molecule has 1 amide bonds. The van der Waals surface area contributed by atoms with Crippen molar-refractivity contribution in [2.24, 2.45) is 0 Å². The molecule has 1 heterocycles. The SMILES string of the molecule is CCOc1ccccc1C(=O)NCCCC(=O)OCc1ccc(Cl)nc1. The molecule has 0 fully saturated rings. The predicted octanol–water partition coefficient (Wildman–Crippen LogP) is 3.39. The molecular weight excluding hydrogens is 356 g/mol. The van der Waals surface area contributed by atoms with Crippen LogP contribution in [0.5, 0.6) is 5.75 Å². The van der Waals surface area contributed by atoms with Crippen LogP contribution in [-0.2, 0) is 16.1 Å². The van der Waals surface area contributed by atoms with Crippen LogP contribution in [0, 0.1) is 0 Å². The Morgan fingerprint density at radius 2 is 2.00 bits per heavy atom. The molecule has 1 N–H and O–H groups in total. The second kappa shape index (κ2) is 10.4. The van der Waals surface area contributed by atoms with Gasteiger partial charge < -0.3 is 14.8 Å². The van der Waals surface area contributed by atoms with Gasteiger partial charge in [0, 0.05) is 24.7 Å². The number of hydrogen-bond acceptors (Lipinski definition) is 5. The number of carbonyl (C=O) groups is 2. The fraction of sp³-hybridized carbons (Fsp3) is 0.316. The van der Waals surface area contributed by atoms with E-state index in [0.717, 1.165) is 5.56 Å². The molecule has 0 aliphatic carbocycles. The Balaban J connectivity index is 1.68. The van der Waals surface area contributed by atoms with E-state index in [1.807, 2.05) is 13.0 Å². The number of ether oxygens (including phenoxy) is 2. The first kappa shape index (κ1) is 19.7. The second-order valence-corrected chi connectivity index (χ2v) is 5.83. The van der Waals surface area contributed by atoms with E-state index in [-0.39, 0.29) is 24.9 Å². The van der Waals surface area contributed by atoms with Crippen LogP contribution in [0.25, 0.3) is 0 Å². The molecule has 6 nitrogen and oxygen atoms in total. The minimum Gasteiger partial charge on any atom is -0.493 e. The molecule has 1 aromatic heterocycles. The standard InChI is InChI=1S/C19H21ClN2O4/c1-2-25-16-7-4-3-6-15(16)19(24)21-11-5-8-18(23)26-13-14-9-10-17(20)22-12-14/h3-4,6-7,9-10,12H,2,5,8,11,13H2,1H3,(H,21,24). The number of para-hydroxylation sites is 1. The number of carbonyl (C=O) groups excluding carboxylic acids is 2. The number of aromatic nitrogens is 1. The van der Waals surface area contributed by atoms with Crippen LogP contribution in [0.1, 0.15) is 35.7 Å². The molecule has 2 aromatic rings. The molecule has 0 aliphatic rings. The highest BCUT2D eigenvalue weighted by atomic mass is 35.5. The first-order chi connectivity index (χ1) is 12.6. The summed E-state index contributed by atoms with van der Waals surface area (Å²) < 4.78 is 10.6. The molecule has 0 bridgehead atoms. The maximum absolute atomic E-state index is 12.2. The van der Waals surface area contributed by atoms with E-state index in [4.69, 9.17) is 21.1 Å². The summed E-state index contributed by atoms with van der Waals surface area (Å²) in [7, 11) is 0. The van der Waals surface area contributed by atoms with Crippen LogP contribution in [0.2, 0.25) is 5.15 Å². The number of nitrogens with one attached hydrogen (secondary N) is 1. The number of benzene rings is 1. The topological polar surface area (TPSA) is 77.5 Å². The number of hydrogen-bond donors (Lipinski definition) is 1. The summed E-state index contributed by atoms with van der Waals surface area (Å²) in [5.41, 5.74) is 1.25. The van der Waals surface area contributed by atoms with E-state index in [0.29, 0.717) is 36.0 Å². The monoisotopic (exact) mass is 376 g/mol. The summed E-state index contributed by atoms with van der Waals surface area (Å²) in [6.07, 6.45) is 2.26. The summed E-state index contributed by atoms with van der Waals surface area (Å²) in [4.78, 5) is 27.9. The third-order valence-corrected chi connectivity index (χ3v) is 3.69. The first-order valence-corrected chi connectivity index (χ1v) is 8.74. The average Bonchev–Trinajstić information content (AvgIpc) is 2.65. The average molecular weight is 377 g/mol. The van der Waals surface area contributed by atoms with Crippen LogP contribution in [0.3, 0.4) is 0 Å². The lowest BCUT2D eigenvalue weighted by Gasteiger charge is -2.10. The van der Waals surface area contributed by atoms with Crippen molar-refractivity contribution in [3.8, 4) is 5.75 Å². The maximum Gasteiger partial charge on any atom is 0.306 e. The molecule has 0 spiro atoms. The van der Waals surface area contributed by atoms with Gasteiger partial charge in [-0.25, -0.2) is 4.98 Å². The molecule has 138 valence electrons. The third kappa shape index (κ3) is 6.37. The quantitative estimate of drug-likeness (QED) is 0.412. The van der Waals surface area contributed by atoms with Crippen molar-refractivity contribution in [1.29, 1.82) is 0 Å². The van der Waals surface area contributed by atoms with Crippen molar-refractivity contribution in [2.75, 3.05) is 13.2 Å². The zero-order valence-corrected chi connectivity index (χ0v) is 15.3. The maximum atomic E-state index is 12.2. The van der Waals surface area contributed by atoms with Gasteiger partial charge in [-0.3, -0.25) is 9.59 Å². The van der Waals surface area contributed by atoms with E-state index in [9.17, 15) is 9.59 Å². The van der Waals surface area contributed by atoms with E-state index in [2.05, 4.69) is 10.3 Å². The van der Waals surface area contributed by atoms with E-state index in [1.54, 1.807) is 36.5 Å². The van der Waals surface area contributed by atoms with Gasteiger partial charge in [-0.05, 0) is 31.5 Å². The number of amides is 1. The first-order valence-electron chi connectivity index (χ1n) is 8.36. The van der Waals surface area contributed by atoms with Crippen LogP contribution in [-0.4, -0.2) is 30.0 Å². The molecule has 0 saturated carbocycles. The summed E-state index contributed by atoms with van der Waals surface area (Å²) in [5.74, 6) is -0.0120. The zero-order valence-electron chi connectivity index (χ0n) is 14.5. The molecule has 0 radical (unpaired) electrons. The van der Waals surface area contributed by atoms with Crippen LogP contribution < -0.4 is 10.1 Å². The number of rotatable bonds is 9. The predicted molar refractivity (Wildman–Crippen MR) is 98.2 cm³/mol. The lowest BCUT2D eigenvalue weighted by Crippen LogP contribution is -2.25. The number of esters is 1. The van der Waals surface area contributed by atoms with E-state index < -0.39 is 0 Å². The normalized spacial score (nSPS) is 10.2. The van der Waals surface area contributed by atoms with Gasteiger partial charge in [0.1, 0.15) is 17.5 Å². The lowest BCUT2D eigenvalue weighted by molar-refractivity contribution is -0.145. The summed E-state index contributed by atoms with van der Waals surface area (Å²) >= 11 is 5.69. The van der Waals surface area contributed by atoms with Gasteiger partial charge in [0.2, 0.25) is 0 Å². The Morgan fingerprint density at radius 1 is 1.19 bits per heavy atom. The Morgan fingerprint density at radius 3 is 2.73 bits per heavy atom. The van der Waals surface area contributed by atoms with Gasteiger partial charge in [-0.2, -0.15) is 0 Å². The summed E-state index contributed by atoms with van der Waals surface area (Å²) in [5, 5.41) is 3.17. The molecule has 1 aromatic carbocycles. The molecule has 0 atom stereocenters. The zero-order chi connectivity index (χ0) is 18.8. The lowest BCUT2D eigenvalue weighted by atomic mass is 10.2. The fourth-order valence-corrected chi connectivity index (χ4v) is 2.31. The van der Waals surface area contributed by atoms with Gasteiger partial charge in [-0.15, -0.1) is 0 Å². The van der Waals surface area contributed by atoms with Crippen LogP contribution in [0.15, 0.2) is 42.6 Å². The van der Waals surface area contributed by atoms with Crippen molar-refractivity contribution in [1.82, 2.24) is 10.3 Å². The highest BCUT2D eigenvalue weighted by Crippen LogP contribution is 2.17. The largest absolute Gasteiger partial charge is 0.493 e. The Hall–Kier alpha value is -2.60. The van der Waals surface area contributed by atoms with Gasteiger partial charge in [0.25, 0.3) is 5.91 Å². The Bertz CT molecular complexity index is 735. The molecular formula is C19H21ClN2O4. The minimum absolute atomic E-state index is 0.150. The summed E-state index contributed by atoms with van der Waals surface area (Å²) in [6, 6.07) is 10.4. The second-order valence-electron chi connectivity index (χ2n) is 5.44. The van der Waals surface area contributed by atoms with Crippen molar-refractivity contribution >= 4 is 23.5 Å². The number of nitrogens with zero attached hydrogens (tertiary/aromatic N) is 1. The van der Waals surface area contributed by atoms with E-state index in [1.165, 1.54) is 0 Å². The Labute approximate surface area is 157 Å². The van der Waals surface area contributed by atoms with Gasteiger partial charge >= 0.3 is 5.97 Å². The molecule has 0 unspecified atom stereocenters. The van der Waals surface area contributed by atoms with Crippen molar-refractivity contribution in [3.05, 3.63) is 58.9 Å². The molecule has 26 heavy (non-hydrogen) atoms. The minimum atomic E-state index is -0.330. The Kier molecular flexibility index (Phi) is 7.89. The van der Waals surface area contributed by atoms with Crippen LogP contribution in [0.4, 0.5) is 0 Å². The smallest absolute Gasteiger partial charge is 0.306 e. The van der Waals surface area contributed by atoms with Gasteiger partial charge in [0.05, 0.1) is 12.2 Å². The molecule has 0 aliphatic heterocycles. The van der Waals surface area contributed by atoms with Crippen molar-refractivity contribution in [2.45, 2.75) is 26.4 Å². The van der Waals surface area contributed by atoms with Crippen LogP contribution >= 0.6 is 11.6 Å². The molecule has 0 saturated heterocycles. The van der Waals surface area contributed by atoms with Crippen molar-refractivity contribution in [3.63, 3.8) is 0 Å². The van der Waals surface area contributed by atoms with Crippen molar-refractivity contribution < 1.29 is 19.1 Å². The fourth-order valence-electron chi connectivity index (χ4n) is 2.19. The highest BCUT2D eigenvalue weighted by molar-refractivity contribution is 6.29. The van der Waals surface area contributed by atoms with E-state index >= 15 is 0 Å². The molecule has 2 rings (SSSR count). The number of halogens is 1. The third-order valence-electron chi connectivity index (χ3n) is 3.46. The van der Waals surface area contributed by atoms with Gasteiger partial charge in [0.15, 0.2) is 0 Å². The van der Waals surface area contributed by atoms with Gasteiger partial charge in [-0.1, -0.05) is 29.8 Å². The highest BCUT2D eigenvalue weighted by Gasteiger charge is 2.11.